The average Bonchev–Trinajstić information content (AvgIpc) is 2.58. The van der Waals surface area contributed by atoms with Crippen molar-refractivity contribution >= 4 is 11.7 Å². The van der Waals surface area contributed by atoms with E-state index in [9.17, 15) is 4.79 Å². The first kappa shape index (κ1) is 15.3. The minimum absolute atomic E-state index is 0.128. The van der Waals surface area contributed by atoms with Crippen LogP contribution in [0.4, 0.5) is 5.82 Å². The molecule has 120 valence electrons. The first-order chi connectivity index (χ1) is 10.7. The van der Waals surface area contributed by atoms with Gasteiger partial charge >= 0.3 is 0 Å². The molecule has 0 saturated carbocycles. The zero-order chi connectivity index (χ0) is 15.4. The number of hydrogen-bond donors (Lipinski definition) is 1. The summed E-state index contributed by atoms with van der Waals surface area (Å²) in [5.41, 5.74) is 0.725. The Morgan fingerprint density at radius 3 is 2.64 bits per heavy atom. The van der Waals surface area contributed by atoms with E-state index in [1.807, 2.05) is 17.0 Å². The molecule has 2 aliphatic rings. The molecule has 1 N–H and O–H groups in total. The number of rotatable bonds is 3. The Labute approximate surface area is 132 Å². The summed E-state index contributed by atoms with van der Waals surface area (Å²) in [7, 11) is 2.16. The number of carbonyl (C=O) groups excluding carboxylic acids is 1. The molecule has 3 heterocycles. The Hall–Kier alpha value is -1.62. The maximum absolute atomic E-state index is 12.8. The van der Waals surface area contributed by atoms with Crippen LogP contribution < -0.4 is 5.32 Å². The number of hydrogen-bond acceptors (Lipinski definition) is 4. The van der Waals surface area contributed by atoms with Gasteiger partial charge in [0.15, 0.2) is 0 Å². The van der Waals surface area contributed by atoms with Gasteiger partial charge in [-0.3, -0.25) is 4.79 Å². The van der Waals surface area contributed by atoms with Gasteiger partial charge in [-0.1, -0.05) is 0 Å². The van der Waals surface area contributed by atoms with Crippen LogP contribution >= 0.6 is 0 Å². The van der Waals surface area contributed by atoms with Crippen LogP contribution in [-0.4, -0.2) is 60.0 Å². The summed E-state index contributed by atoms with van der Waals surface area (Å²) >= 11 is 0. The van der Waals surface area contributed by atoms with E-state index in [-0.39, 0.29) is 5.91 Å². The Morgan fingerprint density at radius 2 is 1.91 bits per heavy atom. The Balaban J connectivity index is 1.70. The number of piperidine rings is 2. The third-order valence-corrected chi connectivity index (χ3v) is 4.74. The highest BCUT2D eigenvalue weighted by molar-refractivity contribution is 5.98. The van der Waals surface area contributed by atoms with Gasteiger partial charge in [0.25, 0.3) is 5.91 Å². The lowest BCUT2D eigenvalue weighted by Gasteiger charge is -2.31. The fourth-order valence-electron chi connectivity index (χ4n) is 3.31. The lowest BCUT2D eigenvalue weighted by molar-refractivity contribution is 0.0725. The smallest absolute Gasteiger partial charge is 0.257 e. The minimum Gasteiger partial charge on any atom is -0.367 e. The fourth-order valence-corrected chi connectivity index (χ4v) is 3.31. The molecule has 2 aliphatic heterocycles. The van der Waals surface area contributed by atoms with Gasteiger partial charge < -0.3 is 15.1 Å². The molecule has 0 aromatic carbocycles. The van der Waals surface area contributed by atoms with Crippen LogP contribution in [0.2, 0.25) is 0 Å². The fraction of sp³-hybridized carbons (Fsp3) is 0.647. The van der Waals surface area contributed by atoms with Gasteiger partial charge in [0.1, 0.15) is 5.82 Å². The summed E-state index contributed by atoms with van der Waals surface area (Å²) < 4.78 is 0. The van der Waals surface area contributed by atoms with Gasteiger partial charge in [-0.15, -0.1) is 0 Å². The Kier molecular flexibility index (Phi) is 4.93. The average molecular weight is 302 g/mol. The van der Waals surface area contributed by atoms with Crippen LogP contribution in [0.3, 0.4) is 0 Å². The van der Waals surface area contributed by atoms with Crippen LogP contribution in [0.15, 0.2) is 18.3 Å². The lowest BCUT2D eigenvalue weighted by Crippen LogP contribution is -2.38. The second-order valence-corrected chi connectivity index (χ2v) is 6.47. The molecule has 0 spiro atoms. The molecule has 2 fully saturated rings. The number of aromatic nitrogens is 1. The molecule has 3 rings (SSSR count). The van der Waals surface area contributed by atoms with Crippen molar-refractivity contribution in [2.45, 2.75) is 38.1 Å². The van der Waals surface area contributed by atoms with E-state index >= 15 is 0 Å². The van der Waals surface area contributed by atoms with E-state index < -0.39 is 0 Å². The molecule has 1 aromatic rings. The molecule has 0 atom stereocenters. The number of nitrogens with zero attached hydrogens (tertiary/aromatic N) is 3. The predicted octanol–water partition coefficient (Wildman–Crippen LogP) is 2.21. The highest BCUT2D eigenvalue weighted by Crippen LogP contribution is 2.21. The normalized spacial score (nSPS) is 20.9. The summed E-state index contributed by atoms with van der Waals surface area (Å²) in [6, 6.07) is 4.18. The Bertz CT molecular complexity index is 505. The summed E-state index contributed by atoms with van der Waals surface area (Å²) in [5, 5.41) is 3.50. The number of pyridine rings is 1. The van der Waals surface area contributed by atoms with Crippen LogP contribution in [0, 0.1) is 0 Å². The molecule has 5 nitrogen and oxygen atoms in total. The van der Waals surface area contributed by atoms with E-state index in [4.69, 9.17) is 0 Å². The lowest BCUT2D eigenvalue weighted by atomic mass is 10.0. The molecule has 1 amide bonds. The second kappa shape index (κ2) is 7.09. The summed E-state index contributed by atoms with van der Waals surface area (Å²) in [4.78, 5) is 21.5. The second-order valence-electron chi connectivity index (χ2n) is 6.47. The monoisotopic (exact) mass is 302 g/mol. The largest absolute Gasteiger partial charge is 0.367 e. The molecular weight excluding hydrogens is 276 g/mol. The van der Waals surface area contributed by atoms with Gasteiger partial charge in [0, 0.05) is 25.3 Å². The molecular formula is C17H26N4O. The van der Waals surface area contributed by atoms with Gasteiger partial charge in [-0.05, 0) is 64.4 Å². The topological polar surface area (TPSA) is 48.5 Å². The molecule has 0 bridgehead atoms. The van der Waals surface area contributed by atoms with Gasteiger partial charge in [-0.25, -0.2) is 4.98 Å². The van der Waals surface area contributed by atoms with Crippen molar-refractivity contribution in [3.63, 3.8) is 0 Å². The highest BCUT2D eigenvalue weighted by atomic mass is 16.2. The third-order valence-electron chi connectivity index (χ3n) is 4.74. The van der Waals surface area contributed by atoms with E-state index in [0.717, 1.165) is 63.2 Å². The number of likely N-dealkylation sites (tertiary alicyclic amines) is 2. The third kappa shape index (κ3) is 3.58. The standard InChI is InChI=1S/C17H26N4O/c1-20-12-7-14(8-13-20)19-16-15(6-5-9-18-16)17(22)21-10-3-2-4-11-21/h5-6,9,14H,2-4,7-8,10-13H2,1H3,(H,18,19). The van der Waals surface area contributed by atoms with Crippen molar-refractivity contribution in [2.75, 3.05) is 38.5 Å². The van der Waals surface area contributed by atoms with E-state index in [1.165, 1.54) is 6.42 Å². The highest BCUT2D eigenvalue weighted by Gasteiger charge is 2.23. The van der Waals surface area contributed by atoms with Crippen LogP contribution in [0.1, 0.15) is 42.5 Å². The van der Waals surface area contributed by atoms with Crippen LogP contribution in [0.5, 0.6) is 0 Å². The van der Waals surface area contributed by atoms with Crippen molar-refractivity contribution in [3.05, 3.63) is 23.9 Å². The molecule has 0 unspecified atom stereocenters. The maximum atomic E-state index is 12.8. The quantitative estimate of drug-likeness (QED) is 0.930. The molecule has 1 aromatic heterocycles. The number of anilines is 1. The Morgan fingerprint density at radius 1 is 1.18 bits per heavy atom. The summed E-state index contributed by atoms with van der Waals surface area (Å²) in [5.74, 6) is 0.885. The van der Waals surface area contributed by atoms with Crippen LogP contribution in [0.25, 0.3) is 0 Å². The van der Waals surface area contributed by atoms with Crippen molar-refractivity contribution in [2.24, 2.45) is 0 Å². The number of carbonyl (C=O) groups is 1. The summed E-state index contributed by atoms with van der Waals surface area (Å²) in [6.07, 6.45) is 7.43. The van der Waals surface area contributed by atoms with Gasteiger partial charge in [-0.2, -0.15) is 0 Å². The first-order valence-electron chi connectivity index (χ1n) is 8.43. The van der Waals surface area contributed by atoms with Crippen molar-refractivity contribution in [1.82, 2.24) is 14.8 Å². The van der Waals surface area contributed by atoms with Crippen LogP contribution in [-0.2, 0) is 0 Å². The SMILES string of the molecule is CN1CCC(Nc2ncccc2C(=O)N2CCCCC2)CC1. The van der Waals surface area contributed by atoms with Gasteiger partial charge in [0.05, 0.1) is 5.56 Å². The number of amides is 1. The van der Waals surface area contributed by atoms with E-state index in [2.05, 4.69) is 22.2 Å². The predicted molar refractivity (Wildman–Crippen MR) is 88.1 cm³/mol. The zero-order valence-corrected chi connectivity index (χ0v) is 13.4. The molecule has 22 heavy (non-hydrogen) atoms. The van der Waals surface area contributed by atoms with E-state index in [1.54, 1.807) is 6.20 Å². The van der Waals surface area contributed by atoms with Crippen molar-refractivity contribution in [3.8, 4) is 0 Å². The maximum Gasteiger partial charge on any atom is 0.257 e. The van der Waals surface area contributed by atoms with E-state index in [0.29, 0.717) is 6.04 Å². The number of nitrogens with one attached hydrogen (secondary N) is 1. The minimum atomic E-state index is 0.128. The molecule has 0 aliphatic carbocycles. The zero-order valence-electron chi connectivity index (χ0n) is 13.4. The molecule has 0 radical (unpaired) electrons. The van der Waals surface area contributed by atoms with Crippen molar-refractivity contribution in [1.29, 1.82) is 0 Å². The van der Waals surface area contributed by atoms with Gasteiger partial charge in [0.2, 0.25) is 0 Å². The van der Waals surface area contributed by atoms with Crippen molar-refractivity contribution < 1.29 is 4.79 Å². The molecule has 2 saturated heterocycles. The summed E-state index contributed by atoms with van der Waals surface area (Å²) in [6.45, 7) is 3.95. The first-order valence-corrected chi connectivity index (χ1v) is 8.43. The molecule has 5 heteroatoms.